The highest BCUT2D eigenvalue weighted by molar-refractivity contribution is 9.11. The lowest BCUT2D eigenvalue weighted by Crippen LogP contribution is -2.19. The zero-order valence-corrected chi connectivity index (χ0v) is 26.1. The fraction of sp³-hybridized carbons (Fsp3) is 0.0645. The van der Waals surface area contributed by atoms with Crippen LogP contribution in [-0.2, 0) is 0 Å². The molecule has 5 aromatic rings. The maximum absolute atomic E-state index is 13.4. The van der Waals surface area contributed by atoms with Crippen LogP contribution in [0.2, 0.25) is 5.02 Å². The summed E-state index contributed by atoms with van der Waals surface area (Å²) in [5.41, 5.74) is 5.74. The lowest BCUT2D eigenvalue weighted by atomic mass is 10.0. The monoisotopic (exact) mass is 709 g/mol. The molecule has 0 bridgehead atoms. The van der Waals surface area contributed by atoms with Crippen molar-refractivity contribution in [2.75, 3.05) is 14.2 Å². The first-order valence-corrected chi connectivity index (χ1v) is 14.4. The van der Waals surface area contributed by atoms with Crippen LogP contribution in [0.5, 0.6) is 17.2 Å². The molecule has 4 aromatic carbocycles. The zero-order chi connectivity index (χ0) is 29.8. The van der Waals surface area contributed by atoms with Gasteiger partial charge in [0.25, 0.3) is 5.91 Å². The largest absolute Gasteiger partial charge is 0.495 e. The Labute approximate surface area is 262 Å². The lowest BCUT2D eigenvalue weighted by molar-refractivity contribution is 0.0729. The topological polar surface area (TPSA) is 102 Å². The van der Waals surface area contributed by atoms with Crippen LogP contribution in [-0.4, -0.2) is 37.3 Å². The highest BCUT2D eigenvalue weighted by atomic mass is 79.9. The number of rotatable bonds is 8. The molecule has 2 N–H and O–H groups in total. The number of hydrogen-bond donors (Lipinski definition) is 2. The Kier molecular flexibility index (Phi) is 8.96. The molecular weight excluding hydrogens is 690 g/mol. The SMILES string of the molecule is COc1cc(C=NNC(=O)c2[nH]c3c(OC)ccc(Br)c3c2-c2ccccc2Cl)ccc1OC(=O)c1ccc(Br)cc1. The molecule has 1 amide bonds. The quantitative estimate of drug-likeness (QED) is 0.0735. The second kappa shape index (κ2) is 12.8. The van der Waals surface area contributed by atoms with Gasteiger partial charge in [-0.05, 0) is 66.2 Å². The summed E-state index contributed by atoms with van der Waals surface area (Å²) in [7, 11) is 3.03. The Morgan fingerprint density at radius 3 is 2.33 bits per heavy atom. The number of hydrogen-bond acceptors (Lipinski definition) is 6. The smallest absolute Gasteiger partial charge is 0.343 e. The van der Waals surface area contributed by atoms with Gasteiger partial charge in [-0.25, -0.2) is 10.2 Å². The maximum atomic E-state index is 13.4. The van der Waals surface area contributed by atoms with E-state index in [1.54, 1.807) is 61.7 Å². The molecule has 1 heterocycles. The number of methoxy groups -OCH3 is 2. The molecule has 1 aromatic heterocycles. The van der Waals surface area contributed by atoms with E-state index in [-0.39, 0.29) is 11.4 Å². The summed E-state index contributed by atoms with van der Waals surface area (Å²) >= 11 is 13.5. The number of hydrazone groups is 1. The van der Waals surface area contributed by atoms with Crippen molar-refractivity contribution in [3.63, 3.8) is 0 Å². The molecule has 0 saturated heterocycles. The number of halogens is 3. The van der Waals surface area contributed by atoms with Crippen LogP contribution in [0.4, 0.5) is 0 Å². The predicted octanol–water partition coefficient (Wildman–Crippen LogP) is 8.01. The number of benzene rings is 4. The summed E-state index contributed by atoms with van der Waals surface area (Å²) in [4.78, 5) is 29.2. The van der Waals surface area contributed by atoms with Crippen molar-refractivity contribution >= 4 is 72.5 Å². The zero-order valence-electron chi connectivity index (χ0n) is 22.2. The molecule has 0 fully saturated rings. The van der Waals surface area contributed by atoms with Crippen LogP contribution in [0, 0.1) is 0 Å². The van der Waals surface area contributed by atoms with Gasteiger partial charge in [-0.15, -0.1) is 0 Å². The number of nitrogens with zero attached hydrogens (tertiary/aromatic N) is 1. The van der Waals surface area contributed by atoms with Crippen molar-refractivity contribution < 1.29 is 23.8 Å². The van der Waals surface area contributed by atoms with Crippen LogP contribution < -0.4 is 19.6 Å². The van der Waals surface area contributed by atoms with Crippen LogP contribution >= 0.6 is 43.5 Å². The highest BCUT2D eigenvalue weighted by Crippen LogP contribution is 2.43. The first kappa shape index (κ1) is 29.4. The van der Waals surface area contributed by atoms with E-state index in [1.807, 2.05) is 24.3 Å². The standard InChI is InChI=1S/C31H22Br2ClN3O5/c1-40-24-14-12-21(33)27-26(20-5-3-4-6-22(20)34)29(36-28(24)27)30(38)37-35-16-17-7-13-23(25(15-17)41-2)42-31(39)18-8-10-19(32)11-9-18/h3-16,36H,1-2H3,(H,37,38). The molecule has 0 aliphatic rings. The highest BCUT2D eigenvalue weighted by Gasteiger charge is 2.24. The van der Waals surface area contributed by atoms with Gasteiger partial charge < -0.3 is 19.2 Å². The third-order valence-electron chi connectivity index (χ3n) is 6.31. The van der Waals surface area contributed by atoms with Crippen molar-refractivity contribution in [1.29, 1.82) is 0 Å². The third kappa shape index (κ3) is 6.06. The molecule has 11 heteroatoms. The molecule has 8 nitrogen and oxygen atoms in total. The molecule has 0 saturated carbocycles. The second-order valence-electron chi connectivity index (χ2n) is 8.86. The molecule has 212 valence electrons. The summed E-state index contributed by atoms with van der Waals surface area (Å²) in [5.74, 6) is 0.124. The van der Waals surface area contributed by atoms with Crippen molar-refractivity contribution in [2.24, 2.45) is 5.10 Å². The lowest BCUT2D eigenvalue weighted by Gasteiger charge is -2.10. The minimum absolute atomic E-state index is 0.244. The van der Waals surface area contributed by atoms with Gasteiger partial charge in [-0.2, -0.15) is 5.10 Å². The van der Waals surface area contributed by atoms with E-state index in [0.29, 0.717) is 44.3 Å². The third-order valence-corrected chi connectivity index (χ3v) is 7.83. The number of ether oxygens (including phenoxy) is 3. The molecule has 0 spiro atoms. The number of carbonyl (C=O) groups excluding carboxylic acids is 2. The summed E-state index contributed by atoms with van der Waals surface area (Å²) < 4.78 is 18.1. The molecule has 0 radical (unpaired) electrons. The minimum atomic E-state index is -0.523. The van der Waals surface area contributed by atoms with Crippen molar-refractivity contribution in [1.82, 2.24) is 10.4 Å². The van der Waals surface area contributed by atoms with E-state index >= 15 is 0 Å². The van der Waals surface area contributed by atoms with Gasteiger partial charge in [0.15, 0.2) is 11.5 Å². The van der Waals surface area contributed by atoms with Gasteiger partial charge in [0, 0.05) is 30.5 Å². The van der Waals surface area contributed by atoms with Gasteiger partial charge in [-0.3, -0.25) is 4.79 Å². The Morgan fingerprint density at radius 2 is 1.62 bits per heavy atom. The molecule has 0 aliphatic heterocycles. The first-order chi connectivity index (χ1) is 20.3. The Hall–Kier alpha value is -4.12. The maximum Gasteiger partial charge on any atom is 0.343 e. The Morgan fingerprint density at radius 1 is 0.905 bits per heavy atom. The summed E-state index contributed by atoms with van der Waals surface area (Å²) in [6.07, 6.45) is 1.45. The number of H-pyrrole nitrogens is 1. The summed E-state index contributed by atoms with van der Waals surface area (Å²) in [6, 6.07) is 22.7. The van der Waals surface area contributed by atoms with E-state index < -0.39 is 11.9 Å². The molecule has 42 heavy (non-hydrogen) atoms. The Balaban J connectivity index is 1.40. The van der Waals surface area contributed by atoms with Crippen molar-refractivity contribution in [3.8, 4) is 28.4 Å². The normalized spacial score (nSPS) is 11.1. The van der Waals surface area contributed by atoms with E-state index in [4.69, 9.17) is 25.8 Å². The number of esters is 1. The number of carbonyl (C=O) groups is 2. The predicted molar refractivity (Wildman–Crippen MR) is 170 cm³/mol. The molecule has 0 aliphatic carbocycles. The average molecular weight is 712 g/mol. The van der Waals surface area contributed by atoms with Crippen molar-refractivity contribution in [2.45, 2.75) is 0 Å². The second-order valence-corrected chi connectivity index (χ2v) is 11.0. The average Bonchev–Trinajstić information content (AvgIpc) is 3.40. The Bertz CT molecular complexity index is 1840. The van der Waals surface area contributed by atoms with Gasteiger partial charge >= 0.3 is 5.97 Å². The fourth-order valence-electron chi connectivity index (χ4n) is 4.33. The number of nitrogens with one attached hydrogen (secondary N) is 2. The molecule has 5 rings (SSSR count). The van der Waals surface area contributed by atoms with Gasteiger partial charge in [0.1, 0.15) is 11.4 Å². The van der Waals surface area contributed by atoms with Gasteiger partial charge in [0.05, 0.1) is 31.5 Å². The van der Waals surface area contributed by atoms with Crippen LogP contribution in [0.15, 0.2) is 92.9 Å². The van der Waals surface area contributed by atoms with E-state index in [1.165, 1.54) is 13.3 Å². The number of amides is 1. The van der Waals surface area contributed by atoms with Crippen LogP contribution in [0.3, 0.4) is 0 Å². The van der Waals surface area contributed by atoms with E-state index in [9.17, 15) is 9.59 Å². The first-order valence-electron chi connectivity index (χ1n) is 12.4. The van der Waals surface area contributed by atoms with Gasteiger partial charge in [0.2, 0.25) is 0 Å². The molecular formula is C31H22Br2ClN3O5. The number of aromatic nitrogens is 1. The van der Waals surface area contributed by atoms with Crippen LogP contribution in [0.1, 0.15) is 26.4 Å². The van der Waals surface area contributed by atoms with Crippen molar-refractivity contribution in [3.05, 3.63) is 110 Å². The number of aromatic amines is 1. The van der Waals surface area contributed by atoms with Crippen LogP contribution in [0.25, 0.3) is 22.0 Å². The summed E-state index contributed by atoms with van der Waals surface area (Å²) in [5, 5.41) is 5.37. The number of fused-ring (bicyclic) bond motifs is 1. The van der Waals surface area contributed by atoms with Gasteiger partial charge in [-0.1, -0.05) is 61.7 Å². The van der Waals surface area contributed by atoms with E-state index in [0.717, 1.165) is 14.3 Å². The molecule has 0 atom stereocenters. The fourth-order valence-corrected chi connectivity index (χ4v) is 5.35. The minimum Gasteiger partial charge on any atom is -0.495 e. The molecule has 0 unspecified atom stereocenters. The van der Waals surface area contributed by atoms with E-state index in [2.05, 4.69) is 47.4 Å². The summed E-state index contributed by atoms with van der Waals surface area (Å²) in [6.45, 7) is 0.